The Morgan fingerprint density at radius 1 is 0.955 bits per heavy atom. The molecule has 3 atom stereocenters. The molecule has 2 aromatic carbocycles. The highest BCUT2D eigenvalue weighted by Crippen LogP contribution is 2.24. The molecule has 0 spiro atoms. The number of sulfonamides is 1. The van der Waals surface area contributed by atoms with Gasteiger partial charge in [-0.3, -0.25) is 24.2 Å². The normalized spacial score (nSPS) is 13.5. The number of carbonyl (C=O) groups is 4. The highest BCUT2D eigenvalue weighted by Gasteiger charge is 2.32. The van der Waals surface area contributed by atoms with Crippen LogP contribution < -0.4 is 27.2 Å². The number of guanidine groups is 1. The van der Waals surface area contributed by atoms with E-state index in [0.717, 1.165) is 16.5 Å². The monoisotopic (exact) mass is 643 g/mol. The molecule has 2 amide bonds. The quantitative estimate of drug-likeness (QED) is 0.0576. The lowest BCUT2D eigenvalue weighted by atomic mass is 9.90. The van der Waals surface area contributed by atoms with Crippen molar-refractivity contribution in [1.29, 1.82) is 0 Å². The van der Waals surface area contributed by atoms with Crippen LogP contribution in [0.5, 0.6) is 0 Å². The van der Waals surface area contributed by atoms with Gasteiger partial charge < -0.3 is 22.5 Å². The molecule has 8 N–H and O–H groups in total. The fourth-order valence-electron chi connectivity index (χ4n) is 4.56. The van der Waals surface area contributed by atoms with Gasteiger partial charge in [0.05, 0.1) is 28.6 Å². The van der Waals surface area contributed by atoms with E-state index in [1.54, 1.807) is 30.3 Å². The molecule has 0 aliphatic rings. The van der Waals surface area contributed by atoms with E-state index in [1.165, 1.54) is 11.3 Å². The van der Waals surface area contributed by atoms with E-state index in [2.05, 4.69) is 20.0 Å². The number of para-hydroxylation sites is 1. The van der Waals surface area contributed by atoms with Crippen molar-refractivity contribution in [3.05, 3.63) is 65.2 Å². The van der Waals surface area contributed by atoms with Crippen molar-refractivity contribution in [2.45, 2.75) is 50.6 Å². The van der Waals surface area contributed by atoms with E-state index in [1.807, 2.05) is 24.3 Å². The third-order valence-corrected chi connectivity index (χ3v) is 8.41. The standard InChI is InChI=1S/C29H37N7O6S2/c1-44(41,42)36-20(13-14-25(30)38)23(37)17-19(16-18-8-3-2-4-9-18)27(40)34-22(11-7-15-33-29(31)32)26(39)28-35-21-10-5-6-12-24(21)43-28/h2-6,8-10,12,19-20,22,36H,7,11,13-17H2,1H3,(H2,30,38)(H,34,40)(H4,31,32,33)/t19-,20+,22+/m1/s1. The van der Waals surface area contributed by atoms with Crippen LogP contribution >= 0.6 is 11.3 Å². The van der Waals surface area contributed by atoms with Crippen molar-refractivity contribution in [2.75, 3.05) is 12.8 Å². The summed E-state index contributed by atoms with van der Waals surface area (Å²) >= 11 is 1.21. The van der Waals surface area contributed by atoms with Gasteiger partial charge in [0.2, 0.25) is 27.6 Å². The van der Waals surface area contributed by atoms with Crippen LogP contribution in [0.15, 0.2) is 59.6 Å². The zero-order chi connectivity index (χ0) is 32.3. The van der Waals surface area contributed by atoms with Gasteiger partial charge in [-0.05, 0) is 43.4 Å². The smallest absolute Gasteiger partial charge is 0.224 e. The fourth-order valence-corrected chi connectivity index (χ4v) is 6.29. The summed E-state index contributed by atoms with van der Waals surface area (Å²) in [6.45, 7) is 0.229. The first-order chi connectivity index (χ1) is 20.8. The average molecular weight is 644 g/mol. The summed E-state index contributed by atoms with van der Waals surface area (Å²) in [7, 11) is -3.82. The Hall–Kier alpha value is -4.21. The van der Waals surface area contributed by atoms with Crippen molar-refractivity contribution < 1.29 is 27.6 Å². The Morgan fingerprint density at radius 2 is 1.64 bits per heavy atom. The maximum absolute atomic E-state index is 13.8. The van der Waals surface area contributed by atoms with Crippen molar-refractivity contribution in [1.82, 2.24) is 15.0 Å². The van der Waals surface area contributed by atoms with Gasteiger partial charge in [-0.1, -0.05) is 42.5 Å². The number of rotatable bonds is 18. The van der Waals surface area contributed by atoms with Crippen LogP contribution in [-0.2, 0) is 30.8 Å². The summed E-state index contributed by atoms with van der Waals surface area (Å²) in [6.07, 6.45) is 0.841. The number of amides is 2. The molecule has 1 aromatic heterocycles. The van der Waals surface area contributed by atoms with E-state index < -0.39 is 51.4 Å². The number of thiazole rings is 1. The predicted octanol–water partition coefficient (Wildman–Crippen LogP) is 1.02. The van der Waals surface area contributed by atoms with Gasteiger partial charge in [0.1, 0.15) is 0 Å². The maximum atomic E-state index is 13.8. The molecule has 15 heteroatoms. The minimum atomic E-state index is -3.82. The van der Waals surface area contributed by atoms with Crippen LogP contribution in [0.1, 0.15) is 47.5 Å². The molecule has 0 unspecified atom stereocenters. The molecule has 0 aliphatic carbocycles. The number of benzene rings is 2. The first-order valence-corrected chi connectivity index (χ1v) is 16.6. The molecule has 0 saturated heterocycles. The third-order valence-electron chi connectivity index (χ3n) is 6.65. The van der Waals surface area contributed by atoms with E-state index >= 15 is 0 Å². The summed E-state index contributed by atoms with van der Waals surface area (Å²) < 4.78 is 27.0. The van der Waals surface area contributed by atoms with Gasteiger partial charge in [-0.25, -0.2) is 18.1 Å². The number of nitrogens with two attached hydrogens (primary N) is 3. The second-order valence-electron chi connectivity index (χ2n) is 10.4. The third kappa shape index (κ3) is 11.1. The number of fused-ring (bicyclic) bond motifs is 1. The summed E-state index contributed by atoms with van der Waals surface area (Å²) in [4.78, 5) is 60.6. The van der Waals surface area contributed by atoms with E-state index in [9.17, 15) is 27.6 Å². The number of primary amides is 1. The zero-order valence-corrected chi connectivity index (χ0v) is 25.9. The maximum Gasteiger partial charge on any atom is 0.224 e. The predicted molar refractivity (Wildman–Crippen MR) is 169 cm³/mol. The number of hydrogen-bond donors (Lipinski definition) is 5. The number of aromatic nitrogens is 1. The Bertz CT molecular complexity index is 1570. The molecule has 0 fully saturated rings. The summed E-state index contributed by atoms with van der Waals surface area (Å²) in [6, 6.07) is 14.0. The zero-order valence-electron chi connectivity index (χ0n) is 24.3. The first kappa shape index (κ1) is 34.3. The minimum Gasteiger partial charge on any atom is -0.370 e. The number of Topliss-reactive ketones (excluding diaryl/α,β-unsaturated/α-hetero) is 2. The van der Waals surface area contributed by atoms with Crippen LogP contribution in [0.3, 0.4) is 0 Å². The summed E-state index contributed by atoms with van der Waals surface area (Å²) in [5.41, 5.74) is 17.5. The van der Waals surface area contributed by atoms with E-state index in [-0.39, 0.29) is 49.6 Å². The lowest BCUT2D eigenvalue weighted by Crippen LogP contribution is -2.46. The summed E-state index contributed by atoms with van der Waals surface area (Å²) in [5, 5.41) is 3.03. The van der Waals surface area contributed by atoms with E-state index in [0.29, 0.717) is 11.9 Å². The van der Waals surface area contributed by atoms with Crippen LogP contribution in [0.2, 0.25) is 0 Å². The number of ketones is 2. The molecule has 3 rings (SSSR count). The molecule has 0 aliphatic heterocycles. The Balaban J connectivity index is 1.88. The molecular formula is C29H37N7O6S2. The number of nitrogens with zero attached hydrogens (tertiary/aromatic N) is 2. The highest BCUT2D eigenvalue weighted by atomic mass is 32.2. The number of carbonyl (C=O) groups excluding carboxylic acids is 4. The SMILES string of the molecule is CS(=O)(=O)N[C@@H](CCC(N)=O)C(=O)C[C@@H](Cc1ccccc1)C(=O)N[C@@H](CCCN=C(N)N)C(=O)c1nc2ccccc2s1. The molecule has 0 bridgehead atoms. The first-order valence-electron chi connectivity index (χ1n) is 13.9. The second kappa shape index (κ2) is 16.0. The minimum absolute atomic E-state index is 0.0990. The van der Waals surface area contributed by atoms with Gasteiger partial charge in [0, 0.05) is 25.3 Å². The second-order valence-corrected chi connectivity index (χ2v) is 13.2. The molecule has 3 aromatic rings. The molecule has 0 saturated carbocycles. The van der Waals surface area contributed by atoms with Crippen molar-refractivity contribution in [3.8, 4) is 0 Å². The van der Waals surface area contributed by atoms with Crippen LogP contribution in [-0.4, -0.2) is 67.6 Å². The molecule has 236 valence electrons. The fraction of sp³-hybridized carbons (Fsp3) is 0.379. The number of hydrogen-bond acceptors (Lipinski definition) is 9. The van der Waals surface area contributed by atoms with Crippen LogP contribution in [0, 0.1) is 5.92 Å². The van der Waals surface area contributed by atoms with Crippen molar-refractivity contribution in [2.24, 2.45) is 28.1 Å². The molecular weight excluding hydrogens is 606 g/mol. The van der Waals surface area contributed by atoms with Crippen LogP contribution in [0.25, 0.3) is 10.2 Å². The Kier molecular flexibility index (Phi) is 12.5. The Morgan fingerprint density at radius 3 is 2.27 bits per heavy atom. The summed E-state index contributed by atoms with van der Waals surface area (Å²) in [5.74, 6) is -3.32. The van der Waals surface area contributed by atoms with Crippen molar-refractivity contribution >= 4 is 60.9 Å². The largest absolute Gasteiger partial charge is 0.370 e. The number of nitrogens with one attached hydrogen (secondary N) is 2. The van der Waals surface area contributed by atoms with Crippen LogP contribution in [0.4, 0.5) is 0 Å². The lowest BCUT2D eigenvalue weighted by molar-refractivity contribution is -0.130. The topological polar surface area (TPSA) is 230 Å². The van der Waals surface area contributed by atoms with Crippen molar-refractivity contribution in [3.63, 3.8) is 0 Å². The molecule has 0 radical (unpaired) electrons. The van der Waals surface area contributed by atoms with Gasteiger partial charge in [0.25, 0.3) is 0 Å². The van der Waals surface area contributed by atoms with Gasteiger partial charge in [-0.2, -0.15) is 0 Å². The van der Waals surface area contributed by atoms with Gasteiger partial charge >= 0.3 is 0 Å². The average Bonchev–Trinajstić information content (AvgIpc) is 3.40. The highest BCUT2D eigenvalue weighted by molar-refractivity contribution is 7.88. The molecule has 1 heterocycles. The molecule has 13 nitrogen and oxygen atoms in total. The Labute approximate surface area is 259 Å². The molecule has 44 heavy (non-hydrogen) atoms. The van der Waals surface area contributed by atoms with Gasteiger partial charge in [-0.15, -0.1) is 11.3 Å². The number of aliphatic imine (C=N–C) groups is 1. The lowest BCUT2D eigenvalue weighted by Gasteiger charge is -2.23. The van der Waals surface area contributed by atoms with E-state index in [4.69, 9.17) is 17.2 Å². The van der Waals surface area contributed by atoms with Gasteiger partial charge in [0.15, 0.2) is 16.8 Å².